The molecular weight excluding hydrogens is 424 g/mol. The van der Waals surface area contributed by atoms with E-state index in [1.807, 2.05) is 43.3 Å². The summed E-state index contributed by atoms with van der Waals surface area (Å²) in [6, 6.07) is 12.8. The third-order valence-corrected chi connectivity index (χ3v) is 6.34. The Balaban J connectivity index is 1.76. The van der Waals surface area contributed by atoms with Gasteiger partial charge in [-0.2, -0.15) is 0 Å². The lowest BCUT2D eigenvalue weighted by Crippen LogP contribution is -2.37. The Morgan fingerprint density at radius 2 is 1.83 bits per heavy atom. The molecule has 0 aliphatic heterocycles. The number of carbonyl (C=O) groups excluding carboxylic acids is 1. The molecular formula is C20H22N4O4S2. The van der Waals surface area contributed by atoms with Crippen LogP contribution in [0.2, 0.25) is 0 Å². The SMILES string of the molecule is COc1ccc(-c2nnc(NC(=O)CN(c3cc(C)ccc3C)S(C)(=O)=O)s2)cc1. The van der Waals surface area contributed by atoms with Crippen molar-refractivity contribution in [3.8, 4) is 16.3 Å². The average Bonchev–Trinajstić information content (AvgIpc) is 3.16. The van der Waals surface area contributed by atoms with Gasteiger partial charge in [0.25, 0.3) is 0 Å². The summed E-state index contributed by atoms with van der Waals surface area (Å²) in [6.07, 6.45) is 1.08. The molecule has 1 N–H and O–H groups in total. The fourth-order valence-electron chi connectivity index (χ4n) is 2.78. The fraction of sp³-hybridized carbons (Fsp3) is 0.250. The molecule has 8 nitrogen and oxygen atoms in total. The number of methoxy groups -OCH3 is 1. The quantitative estimate of drug-likeness (QED) is 0.598. The van der Waals surface area contributed by atoms with Gasteiger partial charge in [0.2, 0.25) is 21.1 Å². The van der Waals surface area contributed by atoms with Crippen LogP contribution in [-0.4, -0.2) is 44.4 Å². The molecule has 3 aromatic rings. The van der Waals surface area contributed by atoms with Crippen LogP contribution in [-0.2, 0) is 14.8 Å². The molecule has 158 valence electrons. The van der Waals surface area contributed by atoms with E-state index in [-0.39, 0.29) is 6.54 Å². The second kappa shape index (κ2) is 8.80. The van der Waals surface area contributed by atoms with Crippen molar-refractivity contribution in [2.75, 3.05) is 29.5 Å². The lowest BCUT2D eigenvalue weighted by Gasteiger charge is -2.23. The average molecular weight is 447 g/mol. The number of nitrogens with one attached hydrogen (secondary N) is 1. The summed E-state index contributed by atoms with van der Waals surface area (Å²) in [5.41, 5.74) is 2.97. The van der Waals surface area contributed by atoms with Crippen LogP contribution in [0.25, 0.3) is 10.6 Å². The van der Waals surface area contributed by atoms with E-state index in [1.165, 1.54) is 11.3 Å². The van der Waals surface area contributed by atoms with Crippen LogP contribution in [0.1, 0.15) is 11.1 Å². The minimum atomic E-state index is -3.66. The molecule has 0 aliphatic carbocycles. The van der Waals surface area contributed by atoms with Crippen LogP contribution in [0, 0.1) is 13.8 Å². The lowest BCUT2D eigenvalue weighted by atomic mass is 10.1. The molecule has 1 heterocycles. The van der Waals surface area contributed by atoms with Crippen molar-refractivity contribution in [3.63, 3.8) is 0 Å². The molecule has 0 atom stereocenters. The van der Waals surface area contributed by atoms with E-state index in [1.54, 1.807) is 20.1 Å². The molecule has 0 spiro atoms. The largest absolute Gasteiger partial charge is 0.497 e. The minimum Gasteiger partial charge on any atom is -0.497 e. The van der Waals surface area contributed by atoms with Crippen molar-refractivity contribution in [1.29, 1.82) is 0 Å². The van der Waals surface area contributed by atoms with Crippen LogP contribution < -0.4 is 14.4 Å². The monoisotopic (exact) mass is 446 g/mol. The Labute approximate surface area is 179 Å². The molecule has 30 heavy (non-hydrogen) atoms. The number of benzene rings is 2. The highest BCUT2D eigenvalue weighted by Gasteiger charge is 2.23. The van der Waals surface area contributed by atoms with Crippen molar-refractivity contribution < 1.29 is 17.9 Å². The van der Waals surface area contributed by atoms with Gasteiger partial charge in [-0.25, -0.2) is 8.42 Å². The number of nitrogens with zero attached hydrogens (tertiary/aromatic N) is 3. The van der Waals surface area contributed by atoms with Gasteiger partial charge in [0.15, 0.2) is 0 Å². The van der Waals surface area contributed by atoms with Gasteiger partial charge in [-0.1, -0.05) is 23.5 Å². The Bertz CT molecular complexity index is 1160. The summed E-state index contributed by atoms with van der Waals surface area (Å²) >= 11 is 1.20. The molecule has 0 saturated heterocycles. The van der Waals surface area contributed by atoms with Crippen molar-refractivity contribution in [3.05, 3.63) is 53.6 Å². The summed E-state index contributed by atoms with van der Waals surface area (Å²) in [5, 5.41) is 11.6. The van der Waals surface area contributed by atoms with E-state index in [0.717, 1.165) is 33.0 Å². The highest BCUT2D eigenvalue weighted by atomic mass is 32.2. The Morgan fingerprint density at radius 3 is 2.47 bits per heavy atom. The predicted molar refractivity (Wildman–Crippen MR) is 119 cm³/mol. The van der Waals surface area contributed by atoms with Gasteiger partial charge in [0.1, 0.15) is 17.3 Å². The lowest BCUT2D eigenvalue weighted by molar-refractivity contribution is -0.114. The number of anilines is 2. The summed E-state index contributed by atoms with van der Waals surface area (Å²) in [5.74, 6) is 0.225. The number of sulfonamides is 1. The first-order valence-electron chi connectivity index (χ1n) is 9.00. The van der Waals surface area contributed by atoms with Crippen LogP contribution in [0.3, 0.4) is 0 Å². The third kappa shape index (κ3) is 5.14. The molecule has 1 amide bonds. The fourth-order valence-corrected chi connectivity index (χ4v) is 4.45. The van der Waals surface area contributed by atoms with Crippen LogP contribution in [0.5, 0.6) is 5.75 Å². The van der Waals surface area contributed by atoms with E-state index < -0.39 is 15.9 Å². The van der Waals surface area contributed by atoms with Gasteiger partial charge in [-0.05, 0) is 55.3 Å². The first-order chi connectivity index (χ1) is 14.2. The maximum atomic E-state index is 12.6. The molecule has 0 saturated carbocycles. The van der Waals surface area contributed by atoms with Crippen molar-refractivity contribution in [2.24, 2.45) is 0 Å². The second-order valence-corrected chi connectivity index (χ2v) is 9.63. The molecule has 1 aromatic heterocycles. The van der Waals surface area contributed by atoms with Crippen molar-refractivity contribution >= 4 is 38.1 Å². The summed E-state index contributed by atoms with van der Waals surface area (Å²) in [7, 11) is -2.07. The predicted octanol–water partition coefficient (Wildman–Crippen LogP) is 3.24. The van der Waals surface area contributed by atoms with Gasteiger partial charge < -0.3 is 4.74 Å². The number of rotatable bonds is 7. The second-order valence-electron chi connectivity index (χ2n) is 6.75. The first kappa shape index (κ1) is 21.7. The Kier molecular flexibility index (Phi) is 6.37. The maximum absolute atomic E-state index is 12.6. The molecule has 0 fully saturated rings. The zero-order valence-electron chi connectivity index (χ0n) is 17.0. The number of ether oxygens (including phenoxy) is 1. The van der Waals surface area contributed by atoms with Crippen LogP contribution in [0.15, 0.2) is 42.5 Å². The standard InChI is InChI=1S/C20H22N4O4S2/c1-13-5-6-14(2)17(11-13)24(30(4,26)27)12-18(25)21-20-23-22-19(29-20)15-7-9-16(28-3)10-8-15/h5-11H,12H2,1-4H3,(H,21,23,25). The van der Waals surface area contributed by atoms with E-state index >= 15 is 0 Å². The number of hydrogen-bond acceptors (Lipinski definition) is 7. The smallest absolute Gasteiger partial charge is 0.246 e. The Morgan fingerprint density at radius 1 is 1.13 bits per heavy atom. The Hall–Kier alpha value is -2.98. The highest BCUT2D eigenvalue weighted by molar-refractivity contribution is 7.92. The molecule has 0 bridgehead atoms. The molecule has 0 aliphatic rings. The van der Waals surface area contributed by atoms with E-state index in [2.05, 4.69) is 15.5 Å². The summed E-state index contributed by atoms with van der Waals surface area (Å²) in [4.78, 5) is 12.6. The molecule has 2 aromatic carbocycles. The topological polar surface area (TPSA) is 101 Å². The molecule has 10 heteroatoms. The highest BCUT2D eigenvalue weighted by Crippen LogP contribution is 2.28. The number of aryl methyl sites for hydroxylation is 2. The van der Waals surface area contributed by atoms with Gasteiger partial charge in [0, 0.05) is 5.56 Å². The van der Waals surface area contributed by atoms with Crippen LogP contribution in [0.4, 0.5) is 10.8 Å². The van der Waals surface area contributed by atoms with E-state index in [4.69, 9.17) is 4.74 Å². The first-order valence-corrected chi connectivity index (χ1v) is 11.7. The molecule has 0 unspecified atom stereocenters. The third-order valence-electron chi connectivity index (χ3n) is 4.33. The van der Waals surface area contributed by atoms with Gasteiger partial charge in [0.05, 0.1) is 19.1 Å². The summed E-state index contributed by atoms with van der Waals surface area (Å²) < 4.78 is 30.9. The zero-order valence-corrected chi connectivity index (χ0v) is 18.7. The summed E-state index contributed by atoms with van der Waals surface area (Å²) in [6.45, 7) is 3.31. The molecule has 3 rings (SSSR count). The van der Waals surface area contributed by atoms with Gasteiger partial charge in [-0.15, -0.1) is 10.2 Å². The van der Waals surface area contributed by atoms with Crippen LogP contribution >= 0.6 is 11.3 Å². The van der Waals surface area contributed by atoms with Gasteiger partial charge >= 0.3 is 0 Å². The minimum absolute atomic E-state index is 0.292. The number of carbonyl (C=O) groups is 1. The number of aromatic nitrogens is 2. The van der Waals surface area contributed by atoms with E-state index in [9.17, 15) is 13.2 Å². The number of amides is 1. The van der Waals surface area contributed by atoms with Crippen molar-refractivity contribution in [2.45, 2.75) is 13.8 Å². The molecule has 0 radical (unpaired) electrons. The normalized spacial score (nSPS) is 11.2. The number of hydrogen-bond donors (Lipinski definition) is 1. The maximum Gasteiger partial charge on any atom is 0.246 e. The van der Waals surface area contributed by atoms with E-state index in [0.29, 0.717) is 15.8 Å². The zero-order chi connectivity index (χ0) is 21.9. The van der Waals surface area contributed by atoms with Gasteiger partial charge in [-0.3, -0.25) is 14.4 Å². The van der Waals surface area contributed by atoms with Crippen molar-refractivity contribution in [1.82, 2.24) is 10.2 Å².